The van der Waals surface area contributed by atoms with Crippen LogP contribution in [0.5, 0.6) is 0 Å². The van der Waals surface area contributed by atoms with Crippen LogP contribution in [0.2, 0.25) is 0 Å². The van der Waals surface area contributed by atoms with Crippen molar-refractivity contribution in [3.63, 3.8) is 0 Å². The quantitative estimate of drug-likeness (QED) is 0.140. The number of benzene rings is 2. The second-order valence-electron chi connectivity index (χ2n) is 8.93. The monoisotopic (exact) mass is 517 g/mol. The lowest BCUT2D eigenvalue weighted by Gasteiger charge is -2.08. The van der Waals surface area contributed by atoms with Gasteiger partial charge in [-0.25, -0.2) is 0 Å². The van der Waals surface area contributed by atoms with Gasteiger partial charge < -0.3 is 4.57 Å². The van der Waals surface area contributed by atoms with Gasteiger partial charge in [0, 0.05) is 31.9 Å². The Morgan fingerprint density at radius 2 is 1.13 bits per heavy atom. The molecule has 30 heavy (non-hydrogen) atoms. The van der Waals surface area contributed by atoms with Crippen molar-refractivity contribution >= 4 is 44.4 Å². The van der Waals surface area contributed by atoms with Crippen LogP contribution in [0.1, 0.15) is 96.8 Å². The second kappa shape index (κ2) is 13.4. The number of unbranched alkanes of at least 4 members (excludes halogenated alkanes) is 13. The number of halogens is 1. The average molecular weight is 518 g/mol. The predicted octanol–water partition coefficient (Wildman–Crippen LogP) is 9.88. The van der Waals surface area contributed by atoms with Crippen molar-refractivity contribution in [2.24, 2.45) is 0 Å². The van der Waals surface area contributed by atoms with Crippen LogP contribution in [-0.2, 0) is 6.54 Å². The fourth-order valence-corrected chi connectivity index (χ4v) is 5.22. The van der Waals surface area contributed by atoms with Crippen molar-refractivity contribution in [2.75, 3.05) is 0 Å². The first kappa shape index (κ1) is 23.6. The minimum Gasteiger partial charge on any atom is -0.340 e. The van der Waals surface area contributed by atoms with Crippen LogP contribution in [-0.4, -0.2) is 4.57 Å². The Balaban J connectivity index is 1.31. The molecule has 0 unspecified atom stereocenters. The Labute approximate surface area is 197 Å². The van der Waals surface area contributed by atoms with Crippen molar-refractivity contribution in [1.29, 1.82) is 0 Å². The molecule has 1 nitrogen and oxygen atoms in total. The molecule has 0 N–H and O–H groups in total. The molecule has 1 heterocycles. The third-order valence-corrected chi connectivity index (χ3v) is 7.14. The summed E-state index contributed by atoms with van der Waals surface area (Å²) in [6.45, 7) is 3.44. The molecule has 0 radical (unpaired) electrons. The smallest absolute Gasteiger partial charge is 0.0492 e. The molecule has 0 aliphatic carbocycles. The number of aromatic nitrogens is 1. The van der Waals surface area contributed by atoms with E-state index in [9.17, 15) is 0 Å². The number of rotatable bonds is 15. The van der Waals surface area contributed by atoms with E-state index in [0.29, 0.717) is 0 Å². The van der Waals surface area contributed by atoms with Gasteiger partial charge in [-0.05, 0) is 53.3 Å². The minimum absolute atomic E-state index is 1.14. The first-order chi connectivity index (χ1) is 14.8. The van der Waals surface area contributed by atoms with Crippen LogP contribution in [0.25, 0.3) is 21.8 Å². The third kappa shape index (κ3) is 7.00. The number of hydrogen-bond acceptors (Lipinski definition) is 0. The molecule has 0 aliphatic heterocycles. The number of aryl methyl sites for hydroxylation is 1. The first-order valence-electron chi connectivity index (χ1n) is 12.5. The molecule has 3 aromatic rings. The summed E-state index contributed by atoms with van der Waals surface area (Å²) in [6, 6.07) is 15.8. The van der Waals surface area contributed by atoms with Gasteiger partial charge >= 0.3 is 0 Å². The summed E-state index contributed by atoms with van der Waals surface area (Å²) >= 11 is 2.42. The predicted molar refractivity (Wildman–Crippen MR) is 142 cm³/mol. The van der Waals surface area contributed by atoms with Crippen molar-refractivity contribution < 1.29 is 0 Å². The summed E-state index contributed by atoms with van der Waals surface area (Å²) in [7, 11) is 0. The maximum Gasteiger partial charge on any atom is 0.0492 e. The summed E-state index contributed by atoms with van der Waals surface area (Å²) in [4.78, 5) is 0. The van der Waals surface area contributed by atoms with Crippen molar-refractivity contribution in [3.8, 4) is 0 Å². The fraction of sp³-hybridized carbons (Fsp3) is 0.571. The number of nitrogens with zero attached hydrogens (tertiary/aromatic N) is 1. The third-order valence-electron chi connectivity index (χ3n) is 6.47. The molecule has 0 spiro atoms. The maximum atomic E-state index is 2.54. The van der Waals surface area contributed by atoms with Gasteiger partial charge in [0.15, 0.2) is 0 Å². The van der Waals surface area contributed by atoms with Crippen LogP contribution in [0.15, 0.2) is 42.5 Å². The van der Waals surface area contributed by atoms with Gasteiger partial charge in [0.25, 0.3) is 0 Å². The summed E-state index contributed by atoms with van der Waals surface area (Å²) in [5, 5.41) is 2.80. The molecule has 164 valence electrons. The Kier molecular flexibility index (Phi) is 10.6. The van der Waals surface area contributed by atoms with E-state index in [2.05, 4.69) is 76.5 Å². The highest BCUT2D eigenvalue weighted by molar-refractivity contribution is 14.1. The maximum absolute atomic E-state index is 2.54. The number of hydrogen-bond donors (Lipinski definition) is 0. The van der Waals surface area contributed by atoms with E-state index in [-0.39, 0.29) is 0 Å². The highest BCUT2D eigenvalue weighted by atomic mass is 127. The normalized spacial score (nSPS) is 11.7. The zero-order valence-corrected chi connectivity index (χ0v) is 21.1. The standard InChI is InChI=1S/C28H40IN/c1-2-3-4-5-6-7-8-9-10-11-12-13-14-17-22-30-27-19-16-15-18-25(27)26-23-24(29)20-21-28(26)30/h15-16,18-21,23H,2-14,17,22H2,1H3. The fourth-order valence-electron chi connectivity index (χ4n) is 4.73. The average Bonchev–Trinajstić information content (AvgIpc) is 3.07. The van der Waals surface area contributed by atoms with E-state index in [0.717, 1.165) is 6.54 Å². The van der Waals surface area contributed by atoms with E-state index in [1.807, 2.05) is 0 Å². The van der Waals surface area contributed by atoms with Crippen LogP contribution < -0.4 is 0 Å². The van der Waals surface area contributed by atoms with Crippen LogP contribution in [0.3, 0.4) is 0 Å². The number of para-hydroxylation sites is 1. The van der Waals surface area contributed by atoms with Crippen LogP contribution >= 0.6 is 22.6 Å². The topological polar surface area (TPSA) is 4.93 Å². The van der Waals surface area contributed by atoms with Gasteiger partial charge in [-0.2, -0.15) is 0 Å². The molecule has 0 fully saturated rings. The zero-order valence-electron chi connectivity index (χ0n) is 19.0. The summed E-state index contributed by atoms with van der Waals surface area (Å²) in [5.74, 6) is 0. The Hall–Kier alpha value is -1.03. The summed E-state index contributed by atoms with van der Waals surface area (Å²) < 4.78 is 3.86. The molecule has 0 saturated heterocycles. The molecular weight excluding hydrogens is 477 g/mol. The van der Waals surface area contributed by atoms with Crippen LogP contribution in [0, 0.1) is 3.57 Å². The highest BCUT2D eigenvalue weighted by Gasteiger charge is 2.10. The minimum atomic E-state index is 1.14. The molecule has 0 bridgehead atoms. The number of fused-ring (bicyclic) bond motifs is 3. The molecule has 0 atom stereocenters. The van der Waals surface area contributed by atoms with E-state index < -0.39 is 0 Å². The van der Waals surface area contributed by atoms with E-state index in [1.54, 1.807) is 0 Å². The Morgan fingerprint density at radius 3 is 1.77 bits per heavy atom. The highest BCUT2D eigenvalue weighted by Crippen LogP contribution is 2.30. The molecule has 3 rings (SSSR count). The van der Waals surface area contributed by atoms with Crippen molar-refractivity contribution in [2.45, 2.75) is 103 Å². The van der Waals surface area contributed by atoms with E-state index in [1.165, 1.54) is 115 Å². The Bertz CT molecular complexity index is 879. The second-order valence-corrected chi connectivity index (χ2v) is 10.2. The molecule has 2 heteroatoms. The van der Waals surface area contributed by atoms with E-state index in [4.69, 9.17) is 0 Å². The Morgan fingerprint density at radius 1 is 0.600 bits per heavy atom. The molecule has 0 amide bonds. The van der Waals surface area contributed by atoms with Gasteiger partial charge in [0.05, 0.1) is 0 Å². The van der Waals surface area contributed by atoms with Gasteiger partial charge in [-0.1, -0.05) is 109 Å². The van der Waals surface area contributed by atoms with Crippen molar-refractivity contribution in [1.82, 2.24) is 4.57 Å². The van der Waals surface area contributed by atoms with Crippen molar-refractivity contribution in [3.05, 3.63) is 46.0 Å². The first-order valence-corrected chi connectivity index (χ1v) is 13.6. The molecule has 2 aromatic carbocycles. The molecular formula is C28H40IN. The van der Waals surface area contributed by atoms with Gasteiger partial charge in [-0.15, -0.1) is 0 Å². The van der Waals surface area contributed by atoms with Gasteiger partial charge in [-0.3, -0.25) is 0 Å². The lowest BCUT2D eigenvalue weighted by Crippen LogP contribution is -1.97. The van der Waals surface area contributed by atoms with Crippen LogP contribution in [0.4, 0.5) is 0 Å². The zero-order chi connectivity index (χ0) is 21.0. The van der Waals surface area contributed by atoms with E-state index >= 15 is 0 Å². The lowest BCUT2D eigenvalue weighted by molar-refractivity contribution is 0.528. The largest absolute Gasteiger partial charge is 0.340 e. The lowest BCUT2D eigenvalue weighted by atomic mass is 10.0. The molecule has 1 aromatic heterocycles. The van der Waals surface area contributed by atoms with Gasteiger partial charge in [0.2, 0.25) is 0 Å². The summed E-state index contributed by atoms with van der Waals surface area (Å²) in [6.07, 6.45) is 19.9. The SMILES string of the molecule is CCCCCCCCCCCCCCCCn1c2ccccc2c2cc(I)ccc21. The molecule has 0 aliphatic rings. The van der Waals surface area contributed by atoms with Gasteiger partial charge in [0.1, 0.15) is 0 Å². The molecule has 0 saturated carbocycles. The summed E-state index contributed by atoms with van der Waals surface area (Å²) in [5.41, 5.74) is 2.79.